The summed E-state index contributed by atoms with van der Waals surface area (Å²) in [7, 11) is 0. The van der Waals surface area contributed by atoms with Crippen molar-refractivity contribution in [3.05, 3.63) is 112 Å². The fourth-order valence-electron chi connectivity index (χ4n) is 4.78. The number of carbonyl (C=O) groups is 1. The van der Waals surface area contributed by atoms with Crippen molar-refractivity contribution in [2.24, 2.45) is 0 Å². The van der Waals surface area contributed by atoms with E-state index in [1.165, 1.54) is 15.8 Å². The highest BCUT2D eigenvalue weighted by Crippen LogP contribution is 2.27. The maximum atomic E-state index is 13.6. The summed E-state index contributed by atoms with van der Waals surface area (Å²) in [5, 5.41) is 9.17. The van der Waals surface area contributed by atoms with E-state index in [0.29, 0.717) is 12.1 Å². The second-order valence-corrected chi connectivity index (χ2v) is 9.39. The van der Waals surface area contributed by atoms with Crippen LogP contribution >= 0.6 is 0 Å². The molecule has 1 atom stereocenters. The van der Waals surface area contributed by atoms with Gasteiger partial charge >= 0.3 is 0 Å². The van der Waals surface area contributed by atoms with E-state index in [2.05, 4.69) is 41.6 Å². The number of benzene rings is 3. The average molecular weight is 479 g/mol. The fourth-order valence-corrected chi connectivity index (χ4v) is 4.78. The van der Waals surface area contributed by atoms with Gasteiger partial charge in [0.25, 0.3) is 5.56 Å². The number of aryl methyl sites for hydroxylation is 2. The van der Waals surface area contributed by atoms with Gasteiger partial charge in [-0.25, -0.2) is 4.68 Å². The van der Waals surface area contributed by atoms with Gasteiger partial charge in [0.2, 0.25) is 5.91 Å². The lowest BCUT2D eigenvalue weighted by Gasteiger charge is -2.14. The van der Waals surface area contributed by atoms with E-state index >= 15 is 0 Å². The van der Waals surface area contributed by atoms with Gasteiger partial charge in [-0.05, 0) is 49.4 Å². The minimum absolute atomic E-state index is 0.00959. The van der Waals surface area contributed by atoms with Crippen LogP contribution in [0.3, 0.4) is 0 Å². The molecule has 2 heterocycles. The van der Waals surface area contributed by atoms with E-state index < -0.39 is 0 Å². The van der Waals surface area contributed by atoms with Crippen LogP contribution in [0.15, 0.2) is 89.9 Å². The van der Waals surface area contributed by atoms with Crippen LogP contribution in [0.2, 0.25) is 0 Å². The third-order valence-corrected chi connectivity index (χ3v) is 6.77. The maximum Gasteiger partial charge on any atom is 0.291 e. The molecule has 2 aromatic heterocycles. The number of amides is 1. The minimum Gasteiger partial charge on any atom is -0.352 e. The summed E-state index contributed by atoms with van der Waals surface area (Å²) in [5.41, 5.74) is 4.84. The SMILES string of the molecule is Cc1ccccc1Cn1c2ccccc2c2cnn(CC(=O)N[C@@H](C)CCc3ccccc3)c(=O)c21. The van der Waals surface area contributed by atoms with Crippen LogP contribution in [0.4, 0.5) is 0 Å². The van der Waals surface area contributed by atoms with Gasteiger partial charge in [-0.15, -0.1) is 0 Å². The smallest absolute Gasteiger partial charge is 0.291 e. The van der Waals surface area contributed by atoms with Gasteiger partial charge < -0.3 is 9.88 Å². The first-order valence-electron chi connectivity index (χ1n) is 12.4. The molecule has 0 unspecified atom stereocenters. The molecule has 0 fully saturated rings. The molecule has 6 nitrogen and oxygen atoms in total. The molecule has 1 amide bonds. The highest BCUT2D eigenvalue weighted by molar-refractivity contribution is 6.07. The third kappa shape index (κ3) is 4.80. The monoisotopic (exact) mass is 478 g/mol. The molecule has 0 aliphatic rings. The summed E-state index contributed by atoms with van der Waals surface area (Å²) >= 11 is 0. The summed E-state index contributed by atoms with van der Waals surface area (Å²) in [6, 6.07) is 26.4. The molecule has 5 aromatic rings. The van der Waals surface area contributed by atoms with Crippen LogP contribution in [0.25, 0.3) is 21.8 Å². The van der Waals surface area contributed by atoms with Crippen LogP contribution in [-0.4, -0.2) is 26.3 Å². The van der Waals surface area contributed by atoms with E-state index in [4.69, 9.17) is 0 Å². The van der Waals surface area contributed by atoms with Gasteiger partial charge in [0.05, 0.1) is 6.20 Å². The first-order chi connectivity index (χ1) is 17.5. The summed E-state index contributed by atoms with van der Waals surface area (Å²) in [6.07, 6.45) is 3.41. The molecule has 0 saturated carbocycles. The Labute approximate surface area is 210 Å². The van der Waals surface area contributed by atoms with Gasteiger partial charge in [-0.2, -0.15) is 5.10 Å². The van der Waals surface area contributed by atoms with Crippen LogP contribution in [0.1, 0.15) is 30.0 Å². The van der Waals surface area contributed by atoms with Crippen molar-refractivity contribution in [3.63, 3.8) is 0 Å². The van der Waals surface area contributed by atoms with E-state index in [9.17, 15) is 9.59 Å². The van der Waals surface area contributed by atoms with Gasteiger partial charge in [-0.3, -0.25) is 9.59 Å². The molecular formula is C30H30N4O2. The molecule has 0 radical (unpaired) electrons. The number of para-hydroxylation sites is 1. The number of nitrogens with one attached hydrogen (secondary N) is 1. The summed E-state index contributed by atoms with van der Waals surface area (Å²) < 4.78 is 3.32. The lowest BCUT2D eigenvalue weighted by molar-refractivity contribution is -0.122. The van der Waals surface area contributed by atoms with Crippen molar-refractivity contribution in [2.75, 3.05) is 0 Å². The van der Waals surface area contributed by atoms with Crippen molar-refractivity contribution < 1.29 is 4.79 Å². The number of rotatable bonds is 8. The Bertz CT molecular complexity index is 1580. The second-order valence-electron chi connectivity index (χ2n) is 9.39. The second kappa shape index (κ2) is 10.2. The zero-order valence-corrected chi connectivity index (χ0v) is 20.6. The highest BCUT2D eigenvalue weighted by atomic mass is 16.2. The first kappa shape index (κ1) is 23.5. The maximum absolute atomic E-state index is 13.6. The van der Waals surface area contributed by atoms with Crippen molar-refractivity contribution in [1.82, 2.24) is 19.7 Å². The predicted molar refractivity (Wildman–Crippen MR) is 144 cm³/mol. The Morgan fingerprint density at radius 3 is 2.47 bits per heavy atom. The number of nitrogens with zero attached hydrogens (tertiary/aromatic N) is 3. The Morgan fingerprint density at radius 2 is 1.67 bits per heavy atom. The number of carbonyl (C=O) groups excluding carboxylic acids is 1. The van der Waals surface area contributed by atoms with E-state index in [1.54, 1.807) is 6.20 Å². The Hall–Kier alpha value is -4.19. The lowest BCUT2D eigenvalue weighted by atomic mass is 10.1. The molecule has 5 rings (SSSR count). The summed E-state index contributed by atoms with van der Waals surface area (Å²) in [5.74, 6) is -0.217. The molecule has 182 valence electrons. The lowest BCUT2D eigenvalue weighted by Crippen LogP contribution is -2.38. The number of aromatic nitrogens is 3. The number of hydrogen-bond donors (Lipinski definition) is 1. The normalized spacial score (nSPS) is 12.2. The van der Waals surface area contributed by atoms with Gasteiger partial charge in [0.1, 0.15) is 12.1 Å². The Kier molecular flexibility index (Phi) is 6.67. The molecule has 0 spiro atoms. The quantitative estimate of drug-likeness (QED) is 0.347. The zero-order valence-electron chi connectivity index (χ0n) is 20.6. The topological polar surface area (TPSA) is 68.9 Å². The zero-order chi connectivity index (χ0) is 25.1. The number of hydrogen-bond acceptors (Lipinski definition) is 3. The molecule has 1 N–H and O–H groups in total. The van der Waals surface area contributed by atoms with Gasteiger partial charge in [0.15, 0.2) is 0 Å². The van der Waals surface area contributed by atoms with E-state index in [1.807, 2.05) is 66.1 Å². The van der Waals surface area contributed by atoms with Crippen LogP contribution in [-0.2, 0) is 24.3 Å². The van der Waals surface area contributed by atoms with Crippen LogP contribution < -0.4 is 10.9 Å². The molecule has 36 heavy (non-hydrogen) atoms. The van der Waals surface area contributed by atoms with Gasteiger partial charge in [-0.1, -0.05) is 72.8 Å². The molecule has 6 heteroatoms. The van der Waals surface area contributed by atoms with Crippen LogP contribution in [0, 0.1) is 6.92 Å². The largest absolute Gasteiger partial charge is 0.352 e. The third-order valence-electron chi connectivity index (χ3n) is 6.77. The van der Waals surface area contributed by atoms with Crippen LogP contribution in [0.5, 0.6) is 0 Å². The van der Waals surface area contributed by atoms with E-state index in [-0.39, 0.29) is 24.1 Å². The molecular weight excluding hydrogens is 448 g/mol. The Balaban J connectivity index is 1.41. The van der Waals surface area contributed by atoms with Crippen molar-refractivity contribution >= 4 is 27.7 Å². The predicted octanol–water partition coefficient (Wildman–Crippen LogP) is 4.85. The average Bonchev–Trinajstić information content (AvgIpc) is 3.20. The van der Waals surface area contributed by atoms with Gasteiger partial charge in [0, 0.05) is 28.9 Å². The first-order valence-corrected chi connectivity index (χ1v) is 12.4. The number of fused-ring (bicyclic) bond motifs is 3. The molecule has 0 bridgehead atoms. The Morgan fingerprint density at radius 1 is 0.944 bits per heavy atom. The summed E-state index contributed by atoms with van der Waals surface area (Å²) in [4.78, 5) is 26.4. The molecule has 3 aromatic carbocycles. The minimum atomic E-state index is -0.260. The van der Waals surface area contributed by atoms with Crippen molar-refractivity contribution in [2.45, 2.75) is 45.8 Å². The fraction of sp³-hybridized carbons (Fsp3) is 0.233. The highest BCUT2D eigenvalue weighted by Gasteiger charge is 2.18. The molecule has 0 saturated heterocycles. The van der Waals surface area contributed by atoms with Crippen molar-refractivity contribution in [3.8, 4) is 0 Å². The summed E-state index contributed by atoms with van der Waals surface area (Å²) in [6.45, 7) is 4.52. The molecule has 0 aliphatic carbocycles. The standard InChI is InChI=1S/C30H30N4O2/c1-21-10-6-7-13-24(21)19-33-27-15-9-8-14-25(27)26-18-31-34(30(36)29(26)33)20-28(35)32-22(2)16-17-23-11-4-3-5-12-23/h3-15,18,22H,16-17,19-20H2,1-2H3,(H,32,35)/t22-/m0/s1. The molecule has 0 aliphatic heterocycles. The van der Waals surface area contributed by atoms with Crippen molar-refractivity contribution in [1.29, 1.82) is 0 Å². The van der Waals surface area contributed by atoms with E-state index in [0.717, 1.165) is 34.7 Å².